The van der Waals surface area contributed by atoms with Gasteiger partial charge in [0.1, 0.15) is 0 Å². The highest BCUT2D eigenvalue weighted by Crippen LogP contribution is 2.00. The fourth-order valence-corrected chi connectivity index (χ4v) is 2.05. The number of ether oxygens (including phenoxy) is 2. The minimum Gasteiger partial charge on any atom is -0.379 e. The number of nitrogens with zero attached hydrogens (tertiary/aromatic N) is 3. The molecule has 0 atom stereocenters. The third-order valence-electron chi connectivity index (χ3n) is 3.01. The van der Waals surface area contributed by atoms with E-state index in [-0.39, 0.29) is 5.91 Å². The SMILES string of the molecule is CC(CC(=O)NN1CCOCC1)=NN1CCOCC1. The van der Waals surface area contributed by atoms with Crippen molar-refractivity contribution in [1.29, 1.82) is 0 Å². The molecule has 2 aliphatic heterocycles. The summed E-state index contributed by atoms with van der Waals surface area (Å²) in [6.07, 6.45) is 0.328. The summed E-state index contributed by atoms with van der Waals surface area (Å²) in [5.41, 5.74) is 3.70. The van der Waals surface area contributed by atoms with Crippen LogP contribution < -0.4 is 5.43 Å². The van der Waals surface area contributed by atoms with Gasteiger partial charge >= 0.3 is 0 Å². The minimum absolute atomic E-state index is 0.0172. The third-order valence-corrected chi connectivity index (χ3v) is 3.01. The van der Waals surface area contributed by atoms with Crippen LogP contribution in [-0.2, 0) is 14.3 Å². The van der Waals surface area contributed by atoms with Crippen molar-refractivity contribution in [3.63, 3.8) is 0 Å². The van der Waals surface area contributed by atoms with Gasteiger partial charge in [0.15, 0.2) is 0 Å². The van der Waals surface area contributed by atoms with Crippen LogP contribution in [0.3, 0.4) is 0 Å². The van der Waals surface area contributed by atoms with E-state index in [1.54, 1.807) is 0 Å². The van der Waals surface area contributed by atoms with Crippen LogP contribution in [0.4, 0.5) is 0 Å². The maximum atomic E-state index is 11.8. The van der Waals surface area contributed by atoms with Crippen molar-refractivity contribution in [2.75, 3.05) is 52.6 Å². The van der Waals surface area contributed by atoms with E-state index in [9.17, 15) is 4.79 Å². The Kier molecular flexibility index (Phi) is 5.56. The van der Waals surface area contributed by atoms with E-state index in [1.165, 1.54) is 0 Å². The summed E-state index contributed by atoms with van der Waals surface area (Å²) in [7, 11) is 0. The van der Waals surface area contributed by atoms with E-state index < -0.39 is 0 Å². The fraction of sp³-hybridized carbons (Fsp3) is 0.833. The Bertz CT molecular complexity index is 323. The van der Waals surface area contributed by atoms with Gasteiger partial charge in [0.25, 0.3) is 0 Å². The van der Waals surface area contributed by atoms with Gasteiger partial charge in [-0.2, -0.15) is 5.10 Å². The summed E-state index contributed by atoms with van der Waals surface area (Å²) in [5.74, 6) is -0.0172. The molecule has 1 amide bonds. The summed E-state index contributed by atoms with van der Waals surface area (Å²) >= 11 is 0. The third kappa shape index (κ3) is 5.14. The lowest BCUT2D eigenvalue weighted by Crippen LogP contribution is -2.48. The van der Waals surface area contributed by atoms with Gasteiger partial charge < -0.3 is 9.47 Å². The number of morpholine rings is 2. The Labute approximate surface area is 113 Å². The molecule has 108 valence electrons. The molecule has 1 N–H and O–H groups in total. The lowest BCUT2D eigenvalue weighted by Gasteiger charge is -2.27. The molecule has 0 unspecified atom stereocenters. The van der Waals surface area contributed by atoms with E-state index >= 15 is 0 Å². The standard InChI is InChI=1S/C12H22N4O3/c1-11(13-15-2-6-18-7-3-15)10-12(17)14-16-4-8-19-9-5-16/h2-10H2,1H3,(H,14,17). The van der Waals surface area contributed by atoms with Crippen molar-refractivity contribution in [1.82, 2.24) is 15.4 Å². The summed E-state index contributed by atoms with van der Waals surface area (Å²) < 4.78 is 10.5. The number of nitrogens with one attached hydrogen (secondary N) is 1. The van der Waals surface area contributed by atoms with Gasteiger partial charge in [0, 0.05) is 18.8 Å². The van der Waals surface area contributed by atoms with E-state index in [1.807, 2.05) is 16.9 Å². The second-order valence-electron chi connectivity index (χ2n) is 4.71. The van der Waals surface area contributed by atoms with Crippen LogP contribution in [0.25, 0.3) is 0 Å². The molecule has 0 spiro atoms. The van der Waals surface area contributed by atoms with Crippen LogP contribution >= 0.6 is 0 Å². The van der Waals surface area contributed by atoms with E-state index in [4.69, 9.17) is 9.47 Å². The number of carbonyl (C=O) groups is 1. The Morgan fingerprint density at radius 3 is 2.32 bits per heavy atom. The minimum atomic E-state index is -0.0172. The molecular weight excluding hydrogens is 248 g/mol. The number of hydrogen-bond acceptors (Lipinski definition) is 6. The van der Waals surface area contributed by atoms with Gasteiger partial charge in [0.2, 0.25) is 5.91 Å². The van der Waals surface area contributed by atoms with Crippen molar-refractivity contribution in [2.24, 2.45) is 5.10 Å². The Balaban J connectivity index is 1.72. The molecule has 19 heavy (non-hydrogen) atoms. The zero-order chi connectivity index (χ0) is 13.5. The zero-order valence-corrected chi connectivity index (χ0v) is 11.4. The van der Waals surface area contributed by atoms with E-state index in [0.717, 1.165) is 31.9 Å². The van der Waals surface area contributed by atoms with Crippen molar-refractivity contribution < 1.29 is 14.3 Å². The Morgan fingerprint density at radius 2 is 1.68 bits per heavy atom. The van der Waals surface area contributed by atoms with Crippen molar-refractivity contribution >= 4 is 11.6 Å². The van der Waals surface area contributed by atoms with Crippen LogP contribution in [0.15, 0.2) is 5.10 Å². The number of hydrazine groups is 1. The molecule has 0 saturated carbocycles. The largest absolute Gasteiger partial charge is 0.379 e. The van der Waals surface area contributed by atoms with Crippen molar-refractivity contribution in [3.8, 4) is 0 Å². The number of carbonyl (C=O) groups excluding carboxylic acids is 1. The summed E-state index contributed by atoms with van der Waals surface area (Å²) in [6.45, 7) is 7.70. The monoisotopic (exact) mass is 270 g/mol. The van der Waals surface area contributed by atoms with Gasteiger partial charge in [-0.15, -0.1) is 0 Å². The summed E-state index contributed by atoms with van der Waals surface area (Å²) in [4.78, 5) is 11.8. The van der Waals surface area contributed by atoms with Gasteiger partial charge in [-0.05, 0) is 6.92 Å². The molecule has 0 aromatic carbocycles. The molecule has 7 nitrogen and oxygen atoms in total. The molecule has 2 fully saturated rings. The van der Waals surface area contributed by atoms with Crippen LogP contribution in [0.2, 0.25) is 0 Å². The van der Waals surface area contributed by atoms with Crippen molar-refractivity contribution in [2.45, 2.75) is 13.3 Å². The molecule has 7 heteroatoms. The molecule has 0 aromatic heterocycles. The molecule has 2 heterocycles. The molecule has 0 aliphatic carbocycles. The lowest BCUT2D eigenvalue weighted by molar-refractivity contribution is -0.126. The van der Waals surface area contributed by atoms with Gasteiger partial charge in [-0.25, -0.2) is 5.01 Å². The average Bonchev–Trinajstić information content (AvgIpc) is 2.40. The predicted molar refractivity (Wildman–Crippen MR) is 70.7 cm³/mol. The van der Waals surface area contributed by atoms with Crippen LogP contribution in [0.1, 0.15) is 13.3 Å². The maximum absolute atomic E-state index is 11.8. The summed E-state index contributed by atoms with van der Waals surface area (Å²) in [5, 5.41) is 8.29. The quantitative estimate of drug-likeness (QED) is 0.694. The first-order chi connectivity index (χ1) is 9.24. The first-order valence-corrected chi connectivity index (χ1v) is 6.73. The topological polar surface area (TPSA) is 66.4 Å². The second kappa shape index (κ2) is 7.42. The number of hydrogen-bond donors (Lipinski definition) is 1. The zero-order valence-electron chi connectivity index (χ0n) is 11.4. The summed E-state index contributed by atoms with van der Waals surface area (Å²) in [6, 6.07) is 0. The molecular formula is C12H22N4O3. The normalized spacial score (nSPS) is 22.4. The van der Waals surface area contributed by atoms with Crippen LogP contribution in [0, 0.1) is 0 Å². The van der Waals surface area contributed by atoms with Crippen LogP contribution in [0.5, 0.6) is 0 Å². The highest BCUT2D eigenvalue weighted by atomic mass is 16.5. The lowest BCUT2D eigenvalue weighted by atomic mass is 10.3. The predicted octanol–water partition coefficient (Wildman–Crippen LogP) is -0.552. The van der Waals surface area contributed by atoms with Gasteiger partial charge in [-0.1, -0.05) is 0 Å². The second-order valence-corrected chi connectivity index (χ2v) is 4.71. The molecule has 2 saturated heterocycles. The highest BCUT2D eigenvalue weighted by molar-refractivity contribution is 5.99. The van der Waals surface area contributed by atoms with E-state index in [2.05, 4.69) is 10.5 Å². The fourth-order valence-electron chi connectivity index (χ4n) is 2.05. The molecule has 0 bridgehead atoms. The Morgan fingerprint density at radius 1 is 1.11 bits per heavy atom. The van der Waals surface area contributed by atoms with Gasteiger partial charge in [0.05, 0.1) is 45.9 Å². The molecule has 0 aromatic rings. The molecule has 0 radical (unpaired) electrons. The molecule has 2 rings (SSSR count). The highest BCUT2D eigenvalue weighted by Gasteiger charge is 2.14. The van der Waals surface area contributed by atoms with Crippen LogP contribution in [-0.4, -0.2) is 74.2 Å². The average molecular weight is 270 g/mol. The first kappa shape index (κ1) is 14.2. The van der Waals surface area contributed by atoms with E-state index in [0.29, 0.717) is 32.8 Å². The first-order valence-electron chi connectivity index (χ1n) is 6.73. The van der Waals surface area contributed by atoms with Crippen molar-refractivity contribution in [3.05, 3.63) is 0 Å². The number of hydrazone groups is 1. The molecule has 2 aliphatic rings. The number of amides is 1. The number of rotatable bonds is 4. The Hall–Kier alpha value is -1.18. The van der Waals surface area contributed by atoms with Gasteiger partial charge in [-0.3, -0.25) is 15.2 Å². The maximum Gasteiger partial charge on any atom is 0.240 e. The smallest absolute Gasteiger partial charge is 0.240 e.